The van der Waals surface area contributed by atoms with Crippen LogP contribution in [-0.2, 0) is 6.54 Å². The summed E-state index contributed by atoms with van der Waals surface area (Å²) in [4.78, 5) is 8.39. The second kappa shape index (κ2) is 6.20. The Labute approximate surface area is 102 Å². The van der Waals surface area contributed by atoms with E-state index in [4.69, 9.17) is 5.84 Å². The number of pyridine rings is 1. The quantitative estimate of drug-likeness (QED) is 0.314. The molecule has 1 heterocycles. The van der Waals surface area contributed by atoms with E-state index in [0.717, 1.165) is 5.56 Å². The molecule has 0 aromatic carbocycles. The van der Waals surface area contributed by atoms with Gasteiger partial charge in [-0.3, -0.25) is 10.4 Å². The average molecular weight is 233 g/mol. The molecule has 1 aliphatic carbocycles. The Bertz CT molecular complexity index is 356. The molecule has 0 saturated heterocycles. The van der Waals surface area contributed by atoms with Crippen LogP contribution in [0.25, 0.3) is 0 Å². The maximum absolute atomic E-state index is 5.46. The summed E-state index contributed by atoms with van der Waals surface area (Å²) in [5.41, 5.74) is 3.75. The summed E-state index contributed by atoms with van der Waals surface area (Å²) in [5.74, 6) is 6.13. The Morgan fingerprint density at radius 2 is 2.06 bits per heavy atom. The molecule has 0 unspecified atom stereocenters. The highest BCUT2D eigenvalue weighted by Crippen LogP contribution is 2.17. The largest absolute Gasteiger partial charge is 0.353 e. The van der Waals surface area contributed by atoms with Gasteiger partial charge >= 0.3 is 0 Å². The number of nitrogens with zero attached hydrogens (tertiary/aromatic N) is 2. The maximum Gasteiger partial charge on any atom is 0.206 e. The van der Waals surface area contributed by atoms with Crippen molar-refractivity contribution in [1.29, 1.82) is 0 Å². The second-order valence-electron chi connectivity index (χ2n) is 4.29. The van der Waals surface area contributed by atoms with E-state index in [1.807, 2.05) is 12.1 Å². The van der Waals surface area contributed by atoms with E-state index < -0.39 is 0 Å². The lowest BCUT2D eigenvalue weighted by Gasteiger charge is -2.14. The van der Waals surface area contributed by atoms with Crippen molar-refractivity contribution in [3.63, 3.8) is 0 Å². The van der Waals surface area contributed by atoms with E-state index >= 15 is 0 Å². The third-order valence-corrected chi connectivity index (χ3v) is 3.00. The number of nitrogens with two attached hydrogens (primary N) is 1. The van der Waals surface area contributed by atoms with Gasteiger partial charge in [0.15, 0.2) is 0 Å². The summed E-state index contributed by atoms with van der Waals surface area (Å²) in [6.45, 7) is 0.613. The predicted octanol–water partition coefficient (Wildman–Crippen LogP) is 0.933. The zero-order chi connectivity index (χ0) is 11.9. The minimum atomic E-state index is 0.516. The van der Waals surface area contributed by atoms with E-state index in [0.29, 0.717) is 18.5 Å². The first kappa shape index (κ1) is 11.9. The van der Waals surface area contributed by atoms with E-state index in [2.05, 4.69) is 20.7 Å². The molecule has 5 nitrogen and oxygen atoms in total. The molecule has 1 aromatic heterocycles. The van der Waals surface area contributed by atoms with Gasteiger partial charge in [-0.25, -0.2) is 10.8 Å². The van der Waals surface area contributed by atoms with Gasteiger partial charge in [0.25, 0.3) is 0 Å². The van der Waals surface area contributed by atoms with E-state index in [1.54, 1.807) is 12.4 Å². The van der Waals surface area contributed by atoms with Crippen molar-refractivity contribution in [2.24, 2.45) is 10.8 Å². The maximum atomic E-state index is 5.46. The molecule has 4 N–H and O–H groups in total. The van der Waals surface area contributed by atoms with Gasteiger partial charge in [0, 0.05) is 18.4 Å². The number of nitrogens with one attached hydrogen (secondary N) is 2. The SMILES string of the molecule is NNC(=NCc1ccncc1)NC1CCCC1. The fraction of sp³-hybridized carbons (Fsp3) is 0.500. The van der Waals surface area contributed by atoms with Gasteiger partial charge < -0.3 is 5.32 Å². The molecular weight excluding hydrogens is 214 g/mol. The molecule has 1 saturated carbocycles. The molecule has 0 atom stereocenters. The molecule has 1 aliphatic rings. The van der Waals surface area contributed by atoms with Crippen LogP contribution in [-0.4, -0.2) is 17.0 Å². The monoisotopic (exact) mass is 233 g/mol. The van der Waals surface area contributed by atoms with Gasteiger partial charge in [-0.05, 0) is 30.5 Å². The molecule has 2 rings (SSSR count). The number of hydrazine groups is 1. The van der Waals surface area contributed by atoms with Crippen molar-refractivity contribution in [1.82, 2.24) is 15.7 Å². The van der Waals surface area contributed by atoms with Crippen LogP contribution >= 0.6 is 0 Å². The van der Waals surface area contributed by atoms with Crippen molar-refractivity contribution in [3.05, 3.63) is 30.1 Å². The lowest BCUT2D eigenvalue weighted by molar-refractivity contribution is 0.614. The number of rotatable bonds is 3. The molecular formula is C12H19N5. The van der Waals surface area contributed by atoms with Crippen molar-refractivity contribution < 1.29 is 0 Å². The summed E-state index contributed by atoms with van der Waals surface area (Å²) < 4.78 is 0. The first-order valence-corrected chi connectivity index (χ1v) is 6.05. The number of guanidine groups is 1. The van der Waals surface area contributed by atoms with Crippen LogP contribution in [0.3, 0.4) is 0 Å². The van der Waals surface area contributed by atoms with Crippen LogP contribution < -0.4 is 16.6 Å². The Balaban J connectivity index is 1.88. The summed E-state index contributed by atoms with van der Waals surface area (Å²) in [6, 6.07) is 4.42. The third-order valence-electron chi connectivity index (χ3n) is 3.00. The Kier molecular flexibility index (Phi) is 4.32. The second-order valence-corrected chi connectivity index (χ2v) is 4.29. The predicted molar refractivity (Wildman–Crippen MR) is 68.1 cm³/mol. The highest BCUT2D eigenvalue weighted by Gasteiger charge is 2.15. The van der Waals surface area contributed by atoms with Crippen LogP contribution in [0.2, 0.25) is 0 Å². The lowest BCUT2D eigenvalue weighted by Crippen LogP contribution is -2.45. The fourth-order valence-electron chi connectivity index (χ4n) is 2.05. The standard InChI is InChI=1S/C12H19N5/c13-17-12(16-11-3-1-2-4-11)15-9-10-5-7-14-8-6-10/h5-8,11H,1-4,9,13H2,(H2,15,16,17). The van der Waals surface area contributed by atoms with Gasteiger partial charge in [-0.15, -0.1) is 0 Å². The minimum Gasteiger partial charge on any atom is -0.353 e. The van der Waals surface area contributed by atoms with Crippen LogP contribution in [0.1, 0.15) is 31.2 Å². The number of aliphatic imine (C=N–C) groups is 1. The van der Waals surface area contributed by atoms with Crippen molar-refractivity contribution in [3.8, 4) is 0 Å². The Hall–Kier alpha value is -1.62. The van der Waals surface area contributed by atoms with Gasteiger partial charge in [0.1, 0.15) is 0 Å². The molecule has 0 spiro atoms. The minimum absolute atomic E-state index is 0.516. The van der Waals surface area contributed by atoms with Crippen molar-refractivity contribution in [2.75, 3.05) is 0 Å². The lowest BCUT2D eigenvalue weighted by atomic mass is 10.2. The summed E-state index contributed by atoms with van der Waals surface area (Å²) in [6.07, 6.45) is 8.53. The highest BCUT2D eigenvalue weighted by molar-refractivity contribution is 5.79. The van der Waals surface area contributed by atoms with Gasteiger partial charge in [0.05, 0.1) is 6.54 Å². The molecule has 0 bridgehead atoms. The fourth-order valence-corrected chi connectivity index (χ4v) is 2.05. The molecule has 92 valence electrons. The van der Waals surface area contributed by atoms with Gasteiger partial charge in [-0.2, -0.15) is 0 Å². The topological polar surface area (TPSA) is 75.3 Å². The zero-order valence-electron chi connectivity index (χ0n) is 9.89. The van der Waals surface area contributed by atoms with Crippen molar-refractivity contribution >= 4 is 5.96 Å². The Morgan fingerprint density at radius 3 is 2.71 bits per heavy atom. The van der Waals surface area contributed by atoms with Crippen LogP contribution in [0.4, 0.5) is 0 Å². The molecule has 5 heteroatoms. The third kappa shape index (κ3) is 3.71. The molecule has 17 heavy (non-hydrogen) atoms. The molecule has 1 aromatic rings. The molecule has 0 amide bonds. The zero-order valence-corrected chi connectivity index (χ0v) is 9.89. The van der Waals surface area contributed by atoms with Crippen LogP contribution in [0, 0.1) is 0 Å². The van der Waals surface area contributed by atoms with E-state index in [-0.39, 0.29) is 0 Å². The van der Waals surface area contributed by atoms with Crippen molar-refractivity contribution in [2.45, 2.75) is 38.3 Å². The first-order chi connectivity index (χ1) is 8.38. The normalized spacial score (nSPS) is 17.1. The summed E-state index contributed by atoms with van der Waals surface area (Å²) in [7, 11) is 0. The smallest absolute Gasteiger partial charge is 0.206 e. The molecule has 0 aliphatic heterocycles. The summed E-state index contributed by atoms with van der Waals surface area (Å²) in [5, 5.41) is 3.33. The number of hydrogen-bond acceptors (Lipinski definition) is 3. The molecule has 0 radical (unpaired) electrons. The van der Waals surface area contributed by atoms with Crippen LogP contribution in [0.15, 0.2) is 29.5 Å². The highest BCUT2D eigenvalue weighted by atomic mass is 15.3. The number of aromatic nitrogens is 1. The van der Waals surface area contributed by atoms with Gasteiger partial charge in [-0.1, -0.05) is 12.8 Å². The average Bonchev–Trinajstić information content (AvgIpc) is 2.88. The van der Waals surface area contributed by atoms with Gasteiger partial charge in [0.2, 0.25) is 5.96 Å². The Morgan fingerprint density at radius 1 is 1.35 bits per heavy atom. The van der Waals surface area contributed by atoms with E-state index in [1.165, 1.54) is 25.7 Å². The molecule has 1 fully saturated rings. The number of hydrogen-bond donors (Lipinski definition) is 3. The van der Waals surface area contributed by atoms with E-state index in [9.17, 15) is 0 Å². The first-order valence-electron chi connectivity index (χ1n) is 6.05. The van der Waals surface area contributed by atoms with Crippen LogP contribution in [0.5, 0.6) is 0 Å². The summed E-state index contributed by atoms with van der Waals surface area (Å²) >= 11 is 0.